The van der Waals surface area contributed by atoms with E-state index in [9.17, 15) is 4.79 Å². The number of benzene rings is 1. The van der Waals surface area contributed by atoms with Crippen LogP contribution in [0.1, 0.15) is 15.9 Å². The van der Waals surface area contributed by atoms with Crippen LogP contribution in [0.4, 0.5) is 5.69 Å². The Kier molecular flexibility index (Phi) is 3.08. The molecule has 1 aromatic carbocycles. The first-order valence-corrected chi connectivity index (χ1v) is 4.88. The van der Waals surface area contributed by atoms with Crippen LogP contribution in [-0.2, 0) is 0 Å². The Morgan fingerprint density at radius 1 is 1.18 bits per heavy atom. The van der Waals surface area contributed by atoms with Crippen LogP contribution < -0.4 is 5.32 Å². The molecular weight excluding hydrogens is 216 g/mol. The average molecular weight is 224 g/mol. The molecule has 0 spiro atoms. The molecule has 1 heterocycles. The second kappa shape index (κ2) is 4.86. The summed E-state index contributed by atoms with van der Waals surface area (Å²) in [6.45, 7) is 0. The molecule has 82 valence electrons. The fourth-order valence-corrected chi connectivity index (χ4v) is 1.26. The predicted octanol–water partition coefficient (Wildman–Crippen LogP) is 1.60. The summed E-state index contributed by atoms with van der Waals surface area (Å²) in [4.78, 5) is 11.7. The molecule has 0 aliphatic rings. The van der Waals surface area contributed by atoms with Crippen LogP contribution in [0, 0.1) is 11.3 Å². The summed E-state index contributed by atoms with van der Waals surface area (Å²) < 4.78 is 0. The van der Waals surface area contributed by atoms with Crippen LogP contribution in [0.3, 0.4) is 0 Å². The first-order valence-electron chi connectivity index (χ1n) is 4.88. The molecule has 1 amide bonds. The lowest BCUT2D eigenvalue weighted by Gasteiger charge is -2.04. The summed E-state index contributed by atoms with van der Waals surface area (Å²) in [5, 5.41) is 18.5. The van der Waals surface area contributed by atoms with Crippen molar-refractivity contribution in [3.05, 3.63) is 53.9 Å². The molecule has 0 radical (unpaired) electrons. The van der Waals surface area contributed by atoms with Gasteiger partial charge in [0.1, 0.15) is 0 Å². The van der Waals surface area contributed by atoms with Crippen molar-refractivity contribution in [3.63, 3.8) is 0 Å². The minimum absolute atomic E-state index is 0.260. The van der Waals surface area contributed by atoms with E-state index in [0.717, 1.165) is 0 Å². The molecule has 1 aromatic heterocycles. The number of amides is 1. The average Bonchev–Trinajstić information content (AvgIpc) is 2.40. The Labute approximate surface area is 97.7 Å². The van der Waals surface area contributed by atoms with Crippen LogP contribution in [-0.4, -0.2) is 16.1 Å². The van der Waals surface area contributed by atoms with Gasteiger partial charge in [0, 0.05) is 5.69 Å². The number of carbonyl (C=O) groups is 1. The molecule has 0 saturated heterocycles. The van der Waals surface area contributed by atoms with Crippen molar-refractivity contribution >= 4 is 11.6 Å². The van der Waals surface area contributed by atoms with Crippen molar-refractivity contribution in [2.75, 3.05) is 5.32 Å². The summed E-state index contributed by atoms with van der Waals surface area (Å²) in [7, 11) is 0. The maximum absolute atomic E-state index is 11.7. The minimum Gasteiger partial charge on any atom is -0.322 e. The maximum atomic E-state index is 11.7. The number of anilines is 1. The Morgan fingerprint density at radius 2 is 1.94 bits per heavy atom. The van der Waals surface area contributed by atoms with E-state index < -0.39 is 0 Å². The molecule has 5 heteroatoms. The van der Waals surface area contributed by atoms with Crippen LogP contribution in [0.25, 0.3) is 0 Å². The highest BCUT2D eigenvalue weighted by atomic mass is 16.1. The Bertz CT molecular complexity index is 557. The second-order valence-electron chi connectivity index (χ2n) is 3.27. The zero-order valence-corrected chi connectivity index (χ0v) is 8.79. The predicted molar refractivity (Wildman–Crippen MR) is 61.1 cm³/mol. The molecular formula is C12H8N4O. The third-order valence-corrected chi connectivity index (χ3v) is 2.12. The van der Waals surface area contributed by atoms with Gasteiger partial charge in [-0.3, -0.25) is 4.79 Å². The van der Waals surface area contributed by atoms with Crippen molar-refractivity contribution in [2.45, 2.75) is 0 Å². The van der Waals surface area contributed by atoms with E-state index >= 15 is 0 Å². The van der Waals surface area contributed by atoms with E-state index in [0.29, 0.717) is 16.8 Å². The quantitative estimate of drug-likeness (QED) is 0.840. The summed E-state index contributed by atoms with van der Waals surface area (Å²) in [6, 6.07) is 10.2. The van der Waals surface area contributed by atoms with Gasteiger partial charge >= 0.3 is 0 Å². The molecule has 2 aromatic rings. The SMILES string of the molecule is N#Cc1ccc(NC(=O)c2ccnnc2)cc1. The standard InChI is InChI=1S/C12H8N4O/c13-7-9-1-3-11(4-2-9)16-12(17)10-5-6-14-15-8-10/h1-6,8H,(H,16,17). The van der Waals surface area contributed by atoms with Gasteiger partial charge in [-0.1, -0.05) is 0 Å². The molecule has 0 bridgehead atoms. The van der Waals surface area contributed by atoms with Crippen LogP contribution >= 0.6 is 0 Å². The topological polar surface area (TPSA) is 78.7 Å². The van der Waals surface area contributed by atoms with E-state index in [1.807, 2.05) is 6.07 Å². The van der Waals surface area contributed by atoms with E-state index in [1.165, 1.54) is 12.4 Å². The largest absolute Gasteiger partial charge is 0.322 e. The van der Waals surface area contributed by atoms with Crippen molar-refractivity contribution in [2.24, 2.45) is 0 Å². The summed E-state index contributed by atoms with van der Waals surface area (Å²) >= 11 is 0. The van der Waals surface area contributed by atoms with Gasteiger partial charge < -0.3 is 5.32 Å². The van der Waals surface area contributed by atoms with Crippen LogP contribution in [0.15, 0.2) is 42.7 Å². The molecule has 0 unspecified atom stereocenters. The van der Waals surface area contributed by atoms with E-state index in [-0.39, 0.29) is 5.91 Å². The minimum atomic E-state index is -0.260. The zero-order valence-electron chi connectivity index (χ0n) is 8.79. The Balaban J connectivity index is 2.11. The lowest BCUT2D eigenvalue weighted by atomic mass is 10.2. The molecule has 0 aliphatic carbocycles. The number of aromatic nitrogens is 2. The van der Waals surface area contributed by atoms with Gasteiger partial charge in [-0.05, 0) is 30.3 Å². The molecule has 1 N–H and O–H groups in total. The number of hydrogen-bond donors (Lipinski definition) is 1. The lowest BCUT2D eigenvalue weighted by Crippen LogP contribution is -2.12. The first kappa shape index (κ1) is 10.8. The molecule has 0 aliphatic heterocycles. The van der Waals surface area contributed by atoms with Gasteiger partial charge in [0.05, 0.1) is 29.6 Å². The van der Waals surface area contributed by atoms with Crippen molar-refractivity contribution in [1.82, 2.24) is 10.2 Å². The highest BCUT2D eigenvalue weighted by Gasteiger charge is 2.05. The molecule has 17 heavy (non-hydrogen) atoms. The number of nitriles is 1. The first-order chi connectivity index (χ1) is 8.29. The van der Waals surface area contributed by atoms with Crippen molar-refractivity contribution < 1.29 is 4.79 Å². The number of carbonyl (C=O) groups excluding carboxylic acids is 1. The third kappa shape index (κ3) is 2.63. The highest BCUT2D eigenvalue weighted by Crippen LogP contribution is 2.10. The summed E-state index contributed by atoms with van der Waals surface area (Å²) in [5.74, 6) is -0.260. The fraction of sp³-hybridized carbons (Fsp3) is 0. The number of hydrogen-bond acceptors (Lipinski definition) is 4. The van der Waals surface area contributed by atoms with Gasteiger partial charge in [-0.25, -0.2) is 0 Å². The fourth-order valence-electron chi connectivity index (χ4n) is 1.26. The molecule has 0 saturated carbocycles. The van der Waals surface area contributed by atoms with E-state index in [2.05, 4.69) is 15.5 Å². The summed E-state index contributed by atoms with van der Waals surface area (Å²) in [6.07, 6.45) is 2.84. The highest BCUT2D eigenvalue weighted by molar-refractivity contribution is 6.03. The van der Waals surface area contributed by atoms with Crippen LogP contribution in [0.5, 0.6) is 0 Å². The maximum Gasteiger partial charge on any atom is 0.257 e. The third-order valence-electron chi connectivity index (χ3n) is 2.12. The molecule has 0 fully saturated rings. The Morgan fingerprint density at radius 3 is 2.53 bits per heavy atom. The van der Waals surface area contributed by atoms with Gasteiger partial charge in [0.15, 0.2) is 0 Å². The zero-order chi connectivity index (χ0) is 12.1. The molecule has 5 nitrogen and oxygen atoms in total. The number of nitrogens with zero attached hydrogens (tertiary/aromatic N) is 3. The monoisotopic (exact) mass is 224 g/mol. The van der Waals surface area contributed by atoms with E-state index in [1.54, 1.807) is 30.3 Å². The van der Waals surface area contributed by atoms with Gasteiger partial charge in [0.25, 0.3) is 5.91 Å². The summed E-state index contributed by atoms with van der Waals surface area (Å²) in [5.41, 5.74) is 1.61. The van der Waals surface area contributed by atoms with Gasteiger partial charge in [-0.15, -0.1) is 0 Å². The smallest absolute Gasteiger partial charge is 0.257 e. The van der Waals surface area contributed by atoms with E-state index in [4.69, 9.17) is 5.26 Å². The molecule has 0 atom stereocenters. The second-order valence-corrected chi connectivity index (χ2v) is 3.27. The molecule has 2 rings (SSSR count). The normalized spacial score (nSPS) is 9.35. The van der Waals surface area contributed by atoms with Gasteiger partial charge in [0.2, 0.25) is 0 Å². The van der Waals surface area contributed by atoms with Crippen LogP contribution in [0.2, 0.25) is 0 Å². The number of nitrogens with one attached hydrogen (secondary N) is 1. The lowest BCUT2D eigenvalue weighted by molar-refractivity contribution is 0.102. The number of rotatable bonds is 2. The Hall–Kier alpha value is -2.74. The van der Waals surface area contributed by atoms with Crippen molar-refractivity contribution in [1.29, 1.82) is 5.26 Å². The van der Waals surface area contributed by atoms with Gasteiger partial charge in [-0.2, -0.15) is 15.5 Å². The van der Waals surface area contributed by atoms with Crippen molar-refractivity contribution in [3.8, 4) is 6.07 Å².